The standard InChI is InChI=1S/C15H19NO4/c1-10(2)9-20-15(19)16-8-4-6-11-12(14(17)18)5-3-7-13(11)16/h3,5,7,10H,4,6,8-9H2,1-2H3,(H,17,18). The second kappa shape index (κ2) is 5.94. The van der Waals surface area contributed by atoms with E-state index in [0.29, 0.717) is 30.8 Å². The van der Waals surface area contributed by atoms with Gasteiger partial charge in [-0.3, -0.25) is 4.90 Å². The molecule has 0 radical (unpaired) electrons. The van der Waals surface area contributed by atoms with Gasteiger partial charge in [0.2, 0.25) is 0 Å². The van der Waals surface area contributed by atoms with Crippen LogP contribution in [0.25, 0.3) is 0 Å². The average Bonchev–Trinajstić information content (AvgIpc) is 2.43. The fraction of sp³-hybridized carbons (Fsp3) is 0.467. The Hall–Kier alpha value is -2.04. The molecule has 0 aromatic heterocycles. The first-order valence-corrected chi connectivity index (χ1v) is 6.80. The van der Waals surface area contributed by atoms with Crippen molar-refractivity contribution in [3.8, 4) is 0 Å². The number of carboxylic acids is 1. The molecule has 0 saturated carbocycles. The number of anilines is 1. The first-order chi connectivity index (χ1) is 9.50. The Kier molecular flexibility index (Phi) is 4.27. The molecule has 108 valence electrons. The predicted molar refractivity (Wildman–Crippen MR) is 75.3 cm³/mol. The summed E-state index contributed by atoms with van der Waals surface area (Å²) in [5.41, 5.74) is 1.64. The van der Waals surface area contributed by atoms with Crippen LogP contribution >= 0.6 is 0 Å². The highest BCUT2D eigenvalue weighted by molar-refractivity contribution is 5.95. The molecule has 0 bridgehead atoms. The van der Waals surface area contributed by atoms with Gasteiger partial charge in [0.25, 0.3) is 0 Å². The lowest BCUT2D eigenvalue weighted by molar-refractivity contribution is 0.0695. The third-order valence-corrected chi connectivity index (χ3v) is 3.24. The van der Waals surface area contributed by atoms with Crippen LogP contribution in [0.2, 0.25) is 0 Å². The maximum absolute atomic E-state index is 12.1. The number of carbonyl (C=O) groups excluding carboxylic acids is 1. The van der Waals surface area contributed by atoms with Crippen LogP contribution < -0.4 is 4.90 Å². The Labute approximate surface area is 118 Å². The average molecular weight is 277 g/mol. The zero-order valence-corrected chi connectivity index (χ0v) is 11.8. The second-order valence-electron chi connectivity index (χ2n) is 5.33. The zero-order chi connectivity index (χ0) is 14.7. The Balaban J connectivity index is 2.26. The topological polar surface area (TPSA) is 66.8 Å². The molecule has 0 unspecified atom stereocenters. The summed E-state index contributed by atoms with van der Waals surface area (Å²) in [5, 5.41) is 9.21. The highest BCUT2D eigenvalue weighted by Crippen LogP contribution is 2.30. The molecule has 0 fully saturated rings. The smallest absolute Gasteiger partial charge is 0.414 e. The summed E-state index contributed by atoms with van der Waals surface area (Å²) in [6.07, 6.45) is 1.02. The maximum atomic E-state index is 12.1. The molecule has 20 heavy (non-hydrogen) atoms. The van der Waals surface area contributed by atoms with Crippen molar-refractivity contribution in [1.82, 2.24) is 0 Å². The van der Waals surface area contributed by atoms with Gasteiger partial charge in [0, 0.05) is 6.54 Å². The van der Waals surface area contributed by atoms with E-state index in [4.69, 9.17) is 4.74 Å². The predicted octanol–water partition coefficient (Wildman–Crippen LogP) is 2.93. The van der Waals surface area contributed by atoms with Crippen molar-refractivity contribution in [3.63, 3.8) is 0 Å². The Morgan fingerprint density at radius 2 is 2.15 bits per heavy atom. The molecular formula is C15H19NO4. The lowest BCUT2D eigenvalue weighted by Crippen LogP contribution is -2.37. The fourth-order valence-electron chi connectivity index (χ4n) is 2.33. The molecule has 2 rings (SSSR count). The van der Waals surface area contributed by atoms with E-state index in [1.165, 1.54) is 4.90 Å². The molecule has 1 aliphatic heterocycles. The highest BCUT2D eigenvalue weighted by atomic mass is 16.6. The van der Waals surface area contributed by atoms with Gasteiger partial charge in [-0.2, -0.15) is 0 Å². The summed E-state index contributed by atoms with van der Waals surface area (Å²) < 4.78 is 5.24. The summed E-state index contributed by atoms with van der Waals surface area (Å²) in [5.74, 6) is -0.687. The van der Waals surface area contributed by atoms with Crippen molar-refractivity contribution in [3.05, 3.63) is 29.3 Å². The van der Waals surface area contributed by atoms with Gasteiger partial charge in [0.05, 0.1) is 17.9 Å². The van der Waals surface area contributed by atoms with Crippen molar-refractivity contribution in [2.45, 2.75) is 26.7 Å². The SMILES string of the molecule is CC(C)COC(=O)N1CCCc2c(C(=O)O)cccc21. The summed E-state index contributed by atoms with van der Waals surface area (Å²) in [7, 11) is 0. The molecule has 5 nitrogen and oxygen atoms in total. The molecule has 1 amide bonds. The number of ether oxygens (including phenoxy) is 1. The van der Waals surface area contributed by atoms with Gasteiger partial charge >= 0.3 is 12.1 Å². The molecule has 1 N–H and O–H groups in total. The lowest BCUT2D eigenvalue weighted by atomic mass is 9.96. The van der Waals surface area contributed by atoms with Crippen LogP contribution in [0.3, 0.4) is 0 Å². The molecule has 1 aromatic carbocycles. The third kappa shape index (κ3) is 2.92. The van der Waals surface area contributed by atoms with Crippen molar-refractivity contribution in [2.24, 2.45) is 5.92 Å². The number of aromatic carboxylic acids is 1. The second-order valence-corrected chi connectivity index (χ2v) is 5.33. The highest BCUT2D eigenvalue weighted by Gasteiger charge is 2.26. The van der Waals surface area contributed by atoms with Gasteiger partial charge in [0.1, 0.15) is 0 Å². The van der Waals surface area contributed by atoms with Crippen LogP contribution in [-0.2, 0) is 11.2 Å². The number of carbonyl (C=O) groups is 2. The van der Waals surface area contributed by atoms with Gasteiger partial charge in [-0.25, -0.2) is 9.59 Å². The molecule has 1 aliphatic rings. The molecule has 5 heteroatoms. The number of carboxylic acid groups (broad SMARTS) is 1. The molecule has 0 atom stereocenters. The Morgan fingerprint density at radius 1 is 1.40 bits per heavy atom. The minimum absolute atomic E-state index is 0.267. The number of fused-ring (bicyclic) bond motifs is 1. The number of hydrogen-bond donors (Lipinski definition) is 1. The summed E-state index contributed by atoms with van der Waals surface area (Å²) >= 11 is 0. The summed E-state index contributed by atoms with van der Waals surface area (Å²) in [6.45, 7) is 4.87. The number of benzene rings is 1. The third-order valence-electron chi connectivity index (χ3n) is 3.24. The number of rotatable bonds is 3. The van der Waals surface area contributed by atoms with Gasteiger partial charge < -0.3 is 9.84 Å². The van der Waals surface area contributed by atoms with E-state index < -0.39 is 12.1 Å². The molecule has 1 aromatic rings. The van der Waals surface area contributed by atoms with E-state index in [0.717, 1.165) is 6.42 Å². The van der Waals surface area contributed by atoms with Gasteiger partial charge in [-0.05, 0) is 36.5 Å². The van der Waals surface area contributed by atoms with E-state index in [9.17, 15) is 14.7 Å². The minimum Gasteiger partial charge on any atom is -0.478 e. The van der Waals surface area contributed by atoms with Crippen LogP contribution in [0.5, 0.6) is 0 Å². The number of hydrogen-bond acceptors (Lipinski definition) is 3. The normalized spacial score (nSPS) is 14.1. The Bertz CT molecular complexity index is 525. The van der Waals surface area contributed by atoms with Crippen molar-refractivity contribution < 1.29 is 19.4 Å². The summed E-state index contributed by atoms with van der Waals surface area (Å²) in [4.78, 5) is 24.9. The van der Waals surface area contributed by atoms with Crippen LogP contribution in [0, 0.1) is 5.92 Å². The van der Waals surface area contributed by atoms with Crippen LogP contribution in [0.15, 0.2) is 18.2 Å². The van der Waals surface area contributed by atoms with Crippen molar-refractivity contribution >= 4 is 17.7 Å². The summed E-state index contributed by atoms with van der Waals surface area (Å²) in [6, 6.07) is 5.01. The fourth-order valence-corrected chi connectivity index (χ4v) is 2.33. The number of amides is 1. The first-order valence-electron chi connectivity index (χ1n) is 6.80. The molecule has 0 saturated heterocycles. The zero-order valence-electron chi connectivity index (χ0n) is 11.8. The van der Waals surface area contributed by atoms with E-state index in [2.05, 4.69) is 0 Å². The monoisotopic (exact) mass is 277 g/mol. The molecule has 1 heterocycles. The van der Waals surface area contributed by atoms with E-state index in [1.54, 1.807) is 18.2 Å². The lowest BCUT2D eigenvalue weighted by Gasteiger charge is -2.29. The quantitative estimate of drug-likeness (QED) is 0.922. The first kappa shape index (κ1) is 14.4. The molecule has 0 aliphatic carbocycles. The molecular weight excluding hydrogens is 258 g/mol. The minimum atomic E-state index is -0.959. The Morgan fingerprint density at radius 3 is 2.80 bits per heavy atom. The van der Waals surface area contributed by atoms with E-state index in [-0.39, 0.29) is 11.5 Å². The largest absolute Gasteiger partial charge is 0.478 e. The van der Waals surface area contributed by atoms with Gasteiger partial charge in [0.15, 0.2) is 0 Å². The van der Waals surface area contributed by atoms with Crippen LogP contribution in [-0.4, -0.2) is 30.3 Å². The van der Waals surface area contributed by atoms with Crippen LogP contribution in [0.4, 0.5) is 10.5 Å². The van der Waals surface area contributed by atoms with E-state index >= 15 is 0 Å². The number of nitrogens with zero attached hydrogens (tertiary/aromatic N) is 1. The van der Waals surface area contributed by atoms with Crippen molar-refractivity contribution in [2.75, 3.05) is 18.1 Å². The van der Waals surface area contributed by atoms with E-state index in [1.807, 2.05) is 13.8 Å². The molecule has 0 spiro atoms. The maximum Gasteiger partial charge on any atom is 0.414 e. The van der Waals surface area contributed by atoms with Crippen LogP contribution in [0.1, 0.15) is 36.2 Å². The van der Waals surface area contributed by atoms with Gasteiger partial charge in [-0.15, -0.1) is 0 Å². The van der Waals surface area contributed by atoms with Crippen molar-refractivity contribution in [1.29, 1.82) is 0 Å². The van der Waals surface area contributed by atoms with Gasteiger partial charge in [-0.1, -0.05) is 19.9 Å².